The molecular weight excluding hydrogens is 268 g/mol. The van der Waals surface area contributed by atoms with Crippen molar-refractivity contribution in [3.05, 3.63) is 44.9 Å². The third-order valence-corrected chi connectivity index (χ3v) is 4.35. The fourth-order valence-corrected chi connectivity index (χ4v) is 3.04. The molecule has 0 bridgehead atoms. The summed E-state index contributed by atoms with van der Waals surface area (Å²) >= 11 is 1.68. The normalized spacial score (nSPS) is 12.4. The van der Waals surface area contributed by atoms with Crippen LogP contribution in [0.2, 0.25) is 0 Å². The van der Waals surface area contributed by atoms with Crippen LogP contribution in [0, 0.1) is 20.8 Å². The average molecular weight is 290 g/mol. The molecule has 1 aromatic carbocycles. The molecule has 0 radical (unpaired) electrons. The molecule has 1 N–H and O–H groups in total. The maximum Gasteiger partial charge on any atom is 0.127 e. The van der Waals surface area contributed by atoms with Crippen LogP contribution in [0.15, 0.2) is 17.5 Å². The van der Waals surface area contributed by atoms with E-state index in [1.165, 1.54) is 11.1 Å². The van der Waals surface area contributed by atoms with Gasteiger partial charge < -0.3 is 10.1 Å². The molecule has 4 heteroatoms. The summed E-state index contributed by atoms with van der Waals surface area (Å²) in [6, 6.07) is 4.37. The van der Waals surface area contributed by atoms with Gasteiger partial charge in [0.25, 0.3) is 0 Å². The minimum absolute atomic E-state index is 0.0826. The molecule has 1 heterocycles. The number of ether oxygens (including phenoxy) is 1. The molecule has 0 amide bonds. The van der Waals surface area contributed by atoms with Crippen molar-refractivity contribution in [2.75, 3.05) is 13.7 Å². The summed E-state index contributed by atoms with van der Waals surface area (Å²) in [6.45, 7) is 9.25. The molecule has 3 nitrogen and oxygen atoms in total. The first kappa shape index (κ1) is 15.0. The highest BCUT2D eigenvalue weighted by atomic mass is 32.1. The number of nitrogens with zero attached hydrogens (tertiary/aromatic N) is 1. The van der Waals surface area contributed by atoms with E-state index in [0.29, 0.717) is 0 Å². The smallest absolute Gasteiger partial charge is 0.127 e. The van der Waals surface area contributed by atoms with Gasteiger partial charge in [-0.05, 0) is 38.4 Å². The molecule has 2 rings (SSSR count). The van der Waals surface area contributed by atoms with Gasteiger partial charge in [-0.3, -0.25) is 0 Å². The number of methoxy groups -OCH3 is 1. The lowest BCUT2D eigenvalue weighted by molar-refractivity contribution is 0.400. The van der Waals surface area contributed by atoms with E-state index in [0.717, 1.165) is 28.6 Å². The summed E-state index contributed by atoms with van der Waals surface area (Å²) in [5.74, 6) is 0.960. The van der Waals surface area contributed by atoms with E-state index in [1.54, 1.807) is 18.4 Å². The van der Waals surface area contributed by atoms with Gasteiger partial charge in [0, 0.05) is 10.9 Å². The molecule has 0 spiro atoms. The van der Waals surface area contributed by atoms with Gasteiger partial charge in [0.15, 0.2) is 0 Å². The quantitative estimate of drug-likeness (QED) is 0.910. The molecule has 108 valence electrons. The maximum absolute atomic E-state index is 5.65. The van der Waals surface area contributed by atoms with Crippen LogP contribution in [-0.2, 0) is 0 Å². The van der Waals surface area contributed by atoms with Gasteiger partial charge in [0.2, 0.25) is 0 Å². The van der Waals surface area contributed by atoms with Crippen molar-refractivity contribution in [3.63, 3.8) is 0 Å². The van der Waals surface area contributed by atoms with E-state index in [4.69, 9.17) is 4.74 Å². The third kappa shape index (κ3) is 2.86. The van der Waals surface area contributed by atoms with Crippen LogP contribution in [-0.4, -0.2) is 18.6 Å². The van der Waals surface area contributed by atoms with E-state index < -0.39 is 0 Å². The summed E-state index contributed by atoms with van der Waals surface area (Å²) in [4.78, 5) is 4.63. The number of aryl methyl sites for hydroxylation is 2. The number of benzene rings is 1. The van der Waals surface area contributed by atoms with E-state index in [9.17, 15) is 0 Å². The lowest BCUT2D eigenvalue weighted by Gasteiger charge is -2.21. The number of rotatable bonds is 5. The Hall–Kier alpha value is -1.39. The third-order valence-electron chi connectivity index (χ3n) is 3.56. The minimum Gasteiger partial charge on any atom is -0.496 e. The summed E-state index contributed by atoms with van der Waals surface area (Å²) in [5.41, 5.74) is 4.66. The molecule has 1 unspecified atom stereocenters. The lowest BCUT2D eigenvalue weighted by atomic mass is 9.97. The van der Waals surface area contributed by atoms with Crippen LogP contribution in [0.1, 0.15) is 40.4 Å². The highest BCUT2D eigenvalue weighted by molar-refractivity contribution is 7.09. The Morgan fingerprint density at radius 3 is 2.60 bits per heavy atom. The van der Waals surface area contributed by atoms with Gasteiger partial charge in [-0.1, -0.05) is 19.1 Å². The Kier molecular flexibility index (Phi) is 4.78. The number of nitrogens with one attached hydrogen (secondary N) is 1. The molecule has 20 heavy (non-hydrogen) atoms. The molecule has 1 atom stereocenters. The second-order valence-electron chi connectivity index (χ2n) is 4.91. The van der Waals surface area contributed by atoms with Crippen molar-refractivity contribution < 1.29 is 4.74 Å². The monoisotopic (exact) mass is 290 g/mol. The van der Waals surface area contributed by atoms with E-state index in [2.05, 4.69) is 48.6 Å². The van der Waals surface area contributed by atoms with Gasteiger partial charge in [-0.25, -0.2) is 4.98 Å². The Bertz CT molecular complexity index is 592. The van der Waals surface area contributed by atoms with Gasteiger partial charge in [-0.15, -0.1) is 11.3 Å². The van der Waals surface area contributed by atoms with Gasteiger partial charge in [0.05, 0.1) is 23.9 Å². The van der Waals surface area contributed by atoms with Crippen LogP contribution in [0.25, 0.3) is 0 Å². The number of hydrogen-bond acceptors (Lipinski definition) is 4. The largest absolute Gasteiger partial charge is 0.496 e. The molecular formula is C16H22N2OS. The van der Waals surface area contributed by atoms with Crippen molar-refractivity contribution in [2.45, 2.75) is 33.7 Å². The zero-order chi connectivity index (χ0) is 14.7. The van der Waals surface area contributed by atoms with Crippen LogP contribution < -0.4 is 10.1 Å². The second-order valence-corrected chi connectivity index (χ2v) is 5.97. The molecule has 0 fully saturated rings. The van der Waals surface area contributed by atoms with Crippen LogP contribution in [0.5, 0.6) is 5.75 Å². The van der Waals surface area contributed by atoms with Crippen molar-refractivity contribution in [1.82, 2.24) is 10.3 Å². The van der Waals surface area contributed by atoms with E-state index >= 15 is 0 Å². The first-order chi connectivity index (χ1) is 9.58. The fraction of sp³-hybridized carbons (Fsp3) is 0.438. The van der Waals surface area contributed by atoms with Crippen molar-refractivity contribution in [1.29, 1.82) is 0 Å². The SMILES string of the molecule is CCNC(c1csc(C)n1)c1ccc(C)c(C)c1OC. The lowest BCUT2D eigenvalue weighted by Crippen LogP contribution is -2.23. The zero-order valence-corrected chi connectivity index (χ0v) is 13.6. The molecule has 1 aromatic heterocycles. The maximum atomic E-state index is 5.65. The van der Waals surface area contributed by atoms with Gasteiger partial charge >= 0.3 is 0 Å². The standard InChI is InChI=1S/C16H22N2OS/c1-6-17-15(14-9-20-12(4)18-14)13-8-7-10(2)11(3)16(13)19-5/h7-9,15,17H,6H2,1-5H3. The second kappa shape index (κ2) is 6.37. The van der Waals surface area contributed by atoms with Crippen molar-refractivity contribution in [3.8, 4) is 5.75 Å². The molecule has 2 aromatic rings. The Morgan fingerprint density at radius 2 is 2.05 bits per heavy atom. The fourth-order valence-electron chi connectivity index (χ4n) is 2.40. The summed E-state index contributed by atoms with van der Waals surface area (Å²) < 4.78 is 5.65. The summed E-state index contributed by atoms with van der Waals surface area (Å²) in [6.07, 6.45) is 0. The highest BCUT2D eigenvalue weighted by Gasteiger charge is 2.21. The predicted molar refractivity (Wildman–Crippen MR) is 84.8 cm³/mol. The van der Waals surface area contributed by atoms with E-state index in [-0.39, 0.29) is 6.04 Å². The van der Waals surface area contributed by atoms with Crippen LogP contribution in [0.4, 0.5) is 0 Å². The van der Waals surface area contributed by atoms with Crippen LogP contribution >= 0.6 is 11.3 Å². The van der Waals surface area contributed by atoms with Gasteiger partial charge in [-0.2, -0.15) is 0 Å². The molecule has 0 saturated heterocycles. The average Bonchev–Trinajstić information content (AvgIpc) is 2.86. The molecule has 0 aliphatic heterocycles. The highest BCUT2D eigenvalue weighted by Crippen LogP contribution is 2.34. The Balaban J connectivity index is 2.52. The first-order valence-electron chi connectivity index (χ1n) is 6.88. The number of thiazole rings is 1. The topological polar surface area (TPSA) is 34.2 Å². The molecule has 0 saturated carbocycles. The van der Waals surface area contributed by atoms with E-state index in [1.807, 2.05) is 6.92 Å². The van der Waals surface area contributed by atoms with Crippen LogP contribution in [0.3, 0.4) is 0 Å². The first-order valence-corrected chi connectivity index (χ1v) is 7.76. The Morgan fingerprint density at radius 1 is 1.30 bits per heavy atom. The summed E-state index contributed by atoms with van der Waals surface area (Å²) in [7, 11) is 1.74. The number of hydrogen-bond donors (Lipinski definition) is 1. The summed E-state index contributed by atoms with van der Waals surface area (Å²) in [5, 5.41) is 6.73. The van der Waals surface area contributed by atoms with Gasteiger partial charge in [0.1, 0.15) is 5.75 Å². The number of aromatic nitrogens is 1. The predicted octanol–water partition coefficient (Wildman–Crippen LogP) is 3.78. The zero-order valence-electron chi connectivity index (χ0n) is 12.8. The van der Waals surface area contributed by atoms with Crippen molar-refractivity contribution >= 4 is 11.3 Å². The molecule has 0 aliphatic carbocycles. The van der Waals surface area contributed by atoms with Crippen molar-refractivity contribution in [2.24, 2.45) is 0 Å². The molecule has 0 aliphatic rings. The minimum atomic E-state index is 0.0826. The Labute approximate surface area is 125 Å².